The van der Waals surface area contributed by atoms with E-state index in [1.54, 1.807) is 6.07 Å². The summed E-state index contributed by atoms with van der Waals surface area (Å²) < 4.78 is 27.3. The minimum Gasteiger partial charge on any atom is -0.326 e. The molecule has 0 fully saturated rings. The van der Waals surface area contributed by atoms with Crippen LogP contribution in [0.3, 0.4) is 0 Å². The van der Waals surface area contributed by atoms with Crippen molar-refractivity contribution in [2.75, 3.05) is 0 Å². The number of hydrogen-bond acceptors (Lipinski definition) is 4. The minimum absolute atomic E-state index is 0.0304. The van der Waals surface area contributed by atoms with Gasteiger partial charge in [0, 0.05) is 22.3 Å². The predicted octanol–water partition coefficient (Wildman–Crippen LogP) is 2.76. The van der Waals surface area contributed by atoms with Crippen molar-refractivity contribution in [1.29, 1.82) is 0 Å². The van der Waals surface area contributed by atoms with Gasteiger partial charge in [0.15, 0.2) is 0 Å². The molecule has 0 spiro atoms. The number of nitrogens with one attached hydrogen (secondary N) is 1. The highest BCUT2D eigenvalue weighted by Crippen LogP contribution is 2.25. The average Bonchev–Trinajstić information content (AvgIpc) is 2.71. The van der Waals surface area contributed by atoms with E-state index in [0.717, 1.165) is 35.4 Å². The van der Waals surface area contributed by atoms with Crippen LogP contribution in [0.15, 0.2) is 11.0 Å². The van der Waals surface area contributed by atoms with Crippen LogP contribution in [-0.2, 0) is 16.6 Å². The smallest absolute Gasteiger partial charge is 0.241 e. The molecular weight excluding hydrogens is 280 g/mol. The van der Waals surface area contributed by atoms with Crippen molar-refractivity contribution in [3.63, 3.8) is 0 Å². The summed E-state index contributed by atoms with van der Waals surface area (Å²) in [5, 5.41) is 0. The summed E-state index contributed by atoms with van der Waals surface area (Å²) in [7, 11) is -3.41. The van der Waals surface area contributed by atoms with Crippen LogP contribution in [0.25, 0.3) is 0 Å². The Morgan fingerprint density at radius 2 is 2.11 bits per heavy atom. The maximum absolute atomic E-state index is 12.3. The molecule has 6 heteroatoms. The maximum atomic E-state index is 12.3. The lowest BCUT2D eigenvalue weighted by Gasteiger charge is -2.13. The molecular formula is C13H24N2O2S2. The third-order valence-corrected chi connectivity index (χ3v) is 5.93. The van der Waals surface area contributed by atoms with Gasteiger partial charge in [-0.15, -0.1) is 11.3 Å². The fraction of sp³-hybridized carbons (Fsp3) is 0.692. The first-order valence-corrected chi connectivity index (χ1v) is 9.02. The number of hydrogen-bond donors (Lipinski definition) is 2. The van der Waals surface area contributed by atoms with Gasteiger partial charge in [-0.25, -0.2) is 13.1 Å². The van der Waals surface area contributed by atoms with E-state index in [9.17, 15) is 8.42 Å². The van der Waals surface area contributed by atoms with E-state index in [4.69, 9.17) is 5.73 Å². The molecule has 1 atom stereocenters. The third-order valence-electron chi connectivity index (χ3n) is 3.01. The van der Waals surface area contributed by atoms with Gasteiger partial charge in [0.2, 0.25) is 10.0 Å². The summed E-state index contributed by atoms with van der Waals surface area (Å²) in [5.74, 6) is 0. The zero-order chi connectivity index (χ0) is 14.5. The van der Waals surface area contributed by atoms with Gasteiger partial charge >= 0.3 is 0 Å². The Balaban J connectivity index is 2.72. The van der Waals surface area contributed by atoms with Gasteiger partial charge in [0.05, 0.1) is 4.90 Å². The predicted molar refractivity (Wildman–Crippen MR) is 80.9 cm³/mol. The molecule has 0 aromatic carbocycles. The second kappa shape index (κ2) is 7.38. The summed E-state index contributed by atoms with van der Waals surface area (Å²) in [5.41, 5.74) is 5.55. The summed E-state index contributed by atoms with van der Waals surface area (Å²) in [6.07, 6.45) is 4.21. The standard InChI is InChI=1S/C13H24N2O2S2/c1-4-5-6-7-10(2)15-19(16,17)13-8-12(9-14)18-11(13)3/h8,10,15H,4-7,9,14H2,1-3H3. The number of sulfonamides is 1. The zero-order valence-electron chi connectivity index (χ0n) is 11.9. The van der Waals surface area contributed by atoms with Gasteiger partial charge in [0.25, 0.3) is 0 Å². The van der Waals surface area contributed by atoms with Crippen LogP contribution in [0.5, 0.6) is 0 Å². The Kier molecular flexibility index (Phi) is 6.46. The van der Waals surface area contributed by atoms with Crippen molar-refractivity contribution in [2.45, 2.75) is 63.9 Å². The van der Waals surface area contributed by atoms with Gasteiger partial charge in [-0.1, -0.05) is 26.2 Å². The van der Waals surface area contributed by atoms with E-state index >= 15 is 0 Å². The molecule has 0 amide bonds. The second-order valence-electron chi connectivity index (χ2n) is 4.86. The molecule has 1 aromatic heterocycles. The summed E-state index contributed by atoms with van der Waals surface area (Å²) in [6.45, 7) is 6.25. The molecule has 0 aliphatic rings. The van der Waals surface area contributed by atoms with E-state index < -0.39 is 10.0 Å². The lowest BCUT2D eigenvalue weighted by atomic mass is 10.1. The van der Waals surface area contributed by atoms with Crippen LogP contribution in [0.1, 0.15) is 49.3 Å². The molecule has 0 aliphatic carbocycles. The van der Waals surface area contributed by atoms with Crippen LogP contribution >= 0.6 is 11.3 Å². The fourth-order valence-corrected chi connectivity index (χ4v) is 4.77. The van der Waals surface area contributed by atoms with E-state index in [0.29, 0.717) is 11.4 Å². The topological polar surface area (TPSA) is 72.2 Å². The van der Waals surface area contributed by atoms with Gasteiger partial charge in [-0.3, -0.25) is 0 Å². The molecule has 0 saturated heterocycles. The summed E-state index contributed by atoms with van der Waals surface area (Å²) in [4.78, 5) is 2.07. The van der Waals surface area contributed by atoms with Crippen LogP contribution in [0.2, 0.25) is 0 Å². The molecule has 19 heavy (non-hydrogen) atoms. The average molecular weight is 304 g/mol. The molecule has 4 nitrogen and oxygen atoms in total. The Morgan fingerprint density at radius 1 is 1.42 bits per heavy atom. The molecule has 0 aliphatic heterocycles. The van der Waals surface area contributed by atoms with Crippen LogP contribution in [-0.4, -0.2) is 14.5 Å². The van der Waals surface area contributed by atoms with Gasteiger partial charge in [-0.05, 0) is 26.3 Å². The summed E-state index contributed by atoms with van der Waals surface area (Å²) in [6, 6.07) is 1.65. The van der Waals surface area contributed by atoms with E-state index in [-0.39, 0.29) is 6.04 Å². The minimum atomic E-state index is -3.41. The quantitative estimate of drug-likeness (QED) is 0.725. The first kappa shape index (κ1) is 16.6. The number of aryl methyl sites for hydroxylation is 1. The van der Waals surface area contributed by atoms with Crippen molar-refractivity contribution in [2.24, 2.45) is 5.73 Å². The van der Waals surface area contributed by atoms with Crippen molar-refractivity contribution < 1.29 is 8.42 Å². The number of nitrogens with two attached hydrogens (primary N) is 1. The molecule has 1 unspecified atom stereocenters. The van der Waals surface area contributed by atoms with Crippen molar-refractivity contribution in [3.05, 3.63) is 15.8 Å². The van der Waals surface area contributed by atoms with E-state index in [1.807, 2.05) is 13.8 Å². The largest absolute Gasteiger partial charge is 0.326 e. The molecule has 1 aromatic rings. The molecule has 3 N–H and O–H groups in total. The summed E-state index contributed by atoms with van der Waals surface area (Å²) >= 11 is 1.45. The molecule has 1 rings (SSSR count). The van der Waals surface area contributed by atoms with E-state index in [2.05, 4.69) is 11.6 Å². The van der Waals surface area contributed by atoms with Crippen molar-refractivity contribution in [3.8, 4) is 0 Å². The molecule has 110 valence electrons. The van der Waals surface area contributed by atoms with Gasteiger partial charge in [0.1, 0.15) is 0 Å². The fourth-order valence-electron chi connectivity index (χ4n) is 1.98. The Labute approximate surface area is 120 Å². The highest BCUT2D eigenvalue weighted by molar-refractivity contribution is 7.89. The Bertz CT molecular complexity index is 495. The lowest BCUT2D eigenvalue weighted by Crippen LogP contribution is -2.32. The first-order chi connectivity index (χ1) is 8.90. The number of unbranched alkanes of at least 4 members (excludes halogenated alkanes) is 2. The van der Waals surface area contributed by atoms with Gasteiger partial charge in [-0.2, -0.15) is 0 Å². The van der Waals surface area contributed by atoms with Crippen LogP contribution in [0, 0.1) is 6.92 Å². The Hall–Kier alpha value is -0.430. The SMILES string of the molecule is CCCCCC(C)NS(=O)(=O)c1cc(CN)sc1C. The highest BCUT2D eigenvalue weighted by atomic mass is 32.2. The normalized spacial score (nSPS) is 13.7. The first-order valence-electron chi connectivity index (χ1n) is 6.72. The number of rotatable bonds is 8. The monoisotopic (exact) mass is 304 g/mol. The molecule has 0 bridgehead atoms. The third kappa shape index (κ3) is 4.87. The van der Waals surface area contributed by atoms with Crippen molar-refractivity contribution in [1.82, 2.24) is 4.72 Å². The Morgan fingerprint density at radius 3 is 2.63 bits per heavy atom. The lowest BCUT2D eigenvalue weighted by molar-refractivity contribution is 0.527. The van der Waals surface area contributed by atoms with Crippen molar-refractivity contribution >= 4 is 21.4 Å². The highest BCUT2D eigenvalue weighted by Gasteiger charge is 2.21. The molecule has 0 saturated carbocycles. The van der Waals surface area contributed by atoms with E-state index in [1.165, 1.54) is 11.3 Å². The van der Waals surface area contributed by atoms with Gasteiger partial charge < -0.3 is 5.73 Å². The van der Waals surface area contributed by atoms with Crippen LogP contribution in [0.4, 0.5) is 0 Å². The second-order valence-corrected chi connectivity index (χ2v) is 7.88. The molecule has 1 heterocycles. The zero-order valence-corrected chi connectivity index (χ0v) is 13.5. The van der Waals surface area contributed by atoms with Crippen LogP contribution < -0.4 is 10.5 Å². The number of thiophene rings is 1. The maximum Gasteiger partial charge on any atom is 0.241 e. The molecule has 0 radical (unpaired) electrons.